The molecule has 8 heteroatoms. The van der Waals surface area contributed by atoms with Gasteiger partial charge in [0.15, 0.2) is 0 Å². The number of nitrogen functional groups attached to an aromatic ring is 1. The second-order valence-corrected chi connectivity index (χ2v) is 3.70. The maximum absolute atomic E-state index is 10.6. The fourth-order valence-electron chi connectivity index (χ4n) is 1.13. The van der Waals surface area contributed by atoms with Crippen molar-refractivity contribution in [3.8, 4) is 0 Å². The average Bonchev–Trinajstić information content (AvgIpc) is 2.56. The van der Waals surface area contributed by atoms with Crippen LogP contribution in [0.5, 0.6) is 0 Å². The van der Waals surface area contributed by atoms with E-state index in [-0.39, 0.29) is 0 Å². The summed E-state index contributed by atoms with van der Waals surface area (Å²) in [6.45, 7) is 0. The van der Waals surface area contributed by atoms with Gasteiger partial charge >= 0.3 is 12.1 Å². The van der Waals surface area contributed by atoms with Crippen LogP contribution in [0.2, 0.25) is 5.02 Å². The highest BCUT2D eigenvalue weighted by atomic mass is 35.5. The molecular weight excluding hydrogens is 273 g/mol. The molecule has 0 saturated carbocycles. The number of rotatable bonds is 0. The van der Waals surface area contributed by atoms with Gasteiger partial charge in [-0.05, 0) is 24.3 Å². The van der Waals surface area contributed by atoms with Crippen molar-refractivity contribution in [1.29, 1.82) is 0 Å². The summed E-state index contributed by atoms with van der Waals surface area (Å²) in [6.07, 6.45) is -5.08. The van der Waals surface area contributed by atoms with Crippen molar-refractivity contribution in [2.45, 2.75) is 6.18 Å². The molecule has 0 aliphatic heterocycles. The normalized spacial score (nSPS) is 10.9. The predicted octanol–water partition coefficient (Wildman–Crippen LogP) is 3.04. The number of aromatic nitrogens is 1. The Bertz CT molecular complexity index is 566. The first-order chi connectivity index (χ1) is 8.20. The number of carboxylic acid groups (broad SMARTS) is 1. The van der Waals surface area contributed by atoms with Gasteiger partial charge in [0.1, 0.15) is 5.82 Å². The number of hydrogen-bond donors (Lipinski definition) is 3. The topological polar surface area (TPSA) is 79.1 Å². The van der Waals surface area contributed by atoms with E-state index in [0.717, 1.165) is 15.9 Å². The van der Waals surface area contributed by atoms with Gasteiger partial charge in [-0.2, -0.15) is 13.2 Å². The third kappa shape index (κ3) is 3.85. The molecule has 0 fully saturated rings. The zero-order valence-corrected chi connectivity index (χ0v) is 9.51. The summed E-state index contributed by atoms with van der Waals surface area (Å²) in [5.41, 5.74) is 6.56. The molecule has 1 aromatic carbocycles. The minimum absolute atomic E-state index is 0.669. The number of anilines is 1. The molecule has 18 heavy (non-hydrogen) atoms. The summed E-state index contributed by atoms with van der Waals surface area (Å²) >= 11 is 5.77. The highest BCUT2D eigenvalue weighted by Gasteiger charge is 2.38. The summed E-state index contributed by atoms with van der Waals surface area (Å²) in [5, 5.41) is 8.91. The number of nitrogens with two attached hydrogens (primary N) is 1. The van der Waals surface area contributed by atoms with Gasteiger partial charge in [0.25, 0.3) is 0 Å². The quantitative estimate of drug-likeness (QED) is 0.694. The molecule has 4 N–H and O–H groups in total. The van der Waals surface area contributed by atoms with Gasteiger partial charge in [0.2, 0.25) is 0 Å². The Morgan fingerprint density at radius 3 is 2.39 bits per heavy atom. The Kier molecular flexibility index (Phi) is 4.07. The smallest absolute Gasteiger partial charge is 0.475 e. The molecule has 98 valence electrons. The number of benzene rings is 1. The van der Waals surface area contributed by atoms with Crippen LogP contribution in [0.25, 0.3) is 10.9 Å². The Balaban J connectivity index is 0.000000203. The number of alkyl halides is 3. The van der Waals surface area contributed by atoms with Crippen molar-refractivity contribution in [3.63, 3.8) is 0 Å². The van der Waals surface area contributed by atoms with Crippen LogP contribution in [-0.2, 0) is 4.79 Å². The van der Waals surface area contributed by atoms with Crippen LogP contribution in [0, 0.1) is 0 Å². The van der Waals surface area contributed by atoms with Crippen LogP contribution in [0.3, 0.4) is 0 Å². The minimum atomic E-state index is -5.08. The van der Waals surface area contributed by atoms with E-state index in [4.69, 9.17) is 27.2 Å². The number of halogens is 4. The van der Waals surface area contributed by atoms with Gasteiger partial charge < -0.3 is 15.8 Å². The summed E-state index contributed by atoms with van der Waals surface area (Å²) in [6, 6.07) is 7.48. The zero-order valence-electron chi connectivity index (χ0n) is 8.75. The maximum Gasteiger partial charge on any atom is 0.490 e. The van der Waals surface area contributed by atoms with E-state index in [1.54, 1.807) is 0 Å². The largest absolute Gasteiger partial charge is 0.490 e. The second kappa shape index (κ2) is 5.18. The third-order valence-corrected chi connectivity index (χ3v) is 2.08. The summed E-state index contributed by atoms with van der Waals surface area (Å²) in [7, 11) is 0. The van der Waals surface area contributed by atoms with E-state index in [1.807, 2.05) is 24.3 Å². The molecule has 2 rings (SSSR count). The zero-order chi connectivity index (χ0) is 13.9. The van der Waals surface area contributed by atoms with Crippen LogP contribution < -0.4 is 5.73 Å². The number of nitrogens with one attached hydrogen (secondary N) is 1. The Hall–Kier alpha value is -1.89. The molecule has 1 heterocycles. The van der Waals surface area contributed by atoms with E-state index in [1.165, 1.54) is 0 Å². The molecule has 1 aromatic heterocycles. The average molecular weight is 281 g/mol. The van der Waals surface area contributed by atoms with Gasteiger partial charge in [-0.3, -0.25) is 0 Å². The first kappa shape index (κ1) is 14.2. The van der Waals surface area contributed by atoms with Crippen LogP contribution >= 0.6 is 11.6 Å². The predicted molar refractivity (Wildman–Crippen MR) is 61.4 cm³/mol. The van der Waals surface area contributed by atoms with Gasteiger partial charge in [-0.15, -0.1) is 0 Å². The highest BCUT2D eigenvalue weighted by molar-refractivity contribution is 6.31. The first-order valence-electron chi connectivity index (χ1n) is 4.54. The number of carbonyl (C=O) groups is 1. The molecule has 0 aliphatic carbocycles. The monoisotopic (exact) mass is 280 g/mol. The molecule has 0 unspecified atom stereocenters. The van der Waals surface area contributed by atoms with Crippen molar-refractivity contribution < 1.29 is 23.1 Å². The lowest BCUT2D eigenvalue weighted by molar-refractivity contribution is -0.192. The minimum Gasteiger partial charge on any atom is -0.475 e. The molecule has 0 radical (unpaired) electrons. The standard InChI is InChI=1S/C8H7ClN2.C2HF3O2/c9-6-1-2-7-5(3-6)4-8(10)11-7;3-2(4,5)1(6)7/h1-4,11H,10H2;(H,6,7). The van der Waals surface area contributed by atoms with Crippen LogP contribution in [0.15, 0.2) is 24.3 Å². The fraction of sp³-hybridized carbons (Fsp3) is 0.100. The third-order valence-electron chi connectivity index (χ3n) is 1.85. The Morgan fingerprint density at radius 1 is 1.33 bits per heavy atom. The lowest BCUT2D eigenvalue weighted by Crippen LogP contribution is -2.21. The van der Waals surface area contributed by atoms with Gasteiger partial charge in [-0.25, -0.2) is 4.79 Å². The molecule has 0 atom stereocenters. The Morgan fingerprint density at radius 2 is 1.89 bits per heavy atom. The van der Waals surface area contributed by atoms with Crippen LogP contribution in [-0.4, -0.2) is 22.2 Å². The van der Waals surface area contributed by atoms with Gasteiger partial charge in [-0.1, -0.05) is 11.6 Å². The lowest BCUT2D eigenvalue weighted by Gasteiger charge is -1.93. The summed E-state index contributed by atoms with van der Waals surface area (Å²) in [5.74, 6) is -2.09. The second-order valence-electron chi connectivity index (χ2n) is 3.26. The highest BCUT2D eigenvalue weighted by Crippen LogP contribution is 2.20. The van der Waals surface area contributed by atoms with E-state index in [0.29, 0.717) is 5.82 Å². The molecule has 0 saturated heterocycles. The van der Waals surface area contributed by atoms with Crippen LogP contribution in [0.1, 0.15) is 0 Å². The molecule has 2 aromatic rings. The number of fused-ring (bicyclic) bond motifs is 1. The van der Waals surface area contributed by atoms with E-state index in [9.17, 15) is 13.2 Å². The van der Waals surface area contributed by atoms with Crippen molar-refractivity contribution in [2.75, 3.05) is 5.73 Å². The van der Waals surface area contributed by atoms with Crippen molar-refractivity contribution >= 4 is 34.3 Å². The first-order valence-corrected chi connectivity index (χ1v) is 4.92. The molecule has 0 aliphatic rings. The number of aliphatic carboxylic acids is 1. The molecule has 4 nitrogen and oxygen atoms in total. The lowest BCUT2D eigenvalue weighted by atomic mass is 10.2. The van der Waals surface area contributed by atoms with Crippen LogP contribution in [0.4, 0.5) is 19.0 Å². The number of hydrogen-bond acceptors (Lipinski definition) is 2. The SMILES string of the molecule is Nc1cc2cc(Cl)ccc2[nH]1.O=C(O)C(F)(F)F. The van der Waals surface area contributed by atoms with Gasteiger partial charge in [0, 0.05) is 15.9 Å². The molecule has 0 spiro atoms. The van der Waals surface area contributed by atoms with E-state index >= 15 is 0 Å². The summed E-state index contributed by atoms with van der Waals surface area (Å²) in [4.78, 5) is 11.9. The molecular formula is C10H8ClF3N2O2. The Labute approximate surface area is 104 Å². The molecule has 0 bridgehead atoms. The number of aromatic amines is 1. The number of H-pyrrole nitrogens is 1. The van der Waals surface area contributed by atoms with Crippen molar-refractivity contribution in [3.05, 3.63) is 29.3 Å². The van der Waals surface area contributed by atoms with E-state index < -0.39 is 12.1 Å². The van der Waals surface area contributed by atoms with Crippen molar-refractivity contribution in [2.24, 2.45) is 0 Å². The van der Waals surface area contributed by atoms with Crippen molar-refractivity contribution in [1.82, 2.24) is 4.98 Å². The summed E-state index contributed by atoms with van der Waals surface area (Å²) < 4.78 is 31.7. The fourth-order valence-corrected chi connectivity index (χ4v) is 1.31. The van der Waals surface area contributed by atoms with Gasteiger partial charge in [0.05, 0.1) is 0 Å². The van der Waals surface area contributed by atoms with E-state index in [2.05, 4.69) is 4.98 Å². The molecule has 0 amide bonds. The maximum atomic E-state index is 10.6. The number of carboxylic acids is 1.